The van der Waals surface area contributed by atoms with Crippen molar-refractivity contribution in [1.82, 2.24) is 14.7 Å². The smallest absolute Gasteiger partial charge is 0.288 e. The van der Waals surface area contributed by atoms with E-state index in [9.17, 15) is 0 Å². The highest BCUT2D eigenvalue weighted by Gasteiger charge is 2.18. The third-order valence-electron chi connectivity index (χ3n) is 4.15. The second-order valence-corrected chi connectivity index (χ2v) is 6.16. The monoisotopic (exact) mass is 319 g/mol. The van der Waals surface area contributed by atoms with Gasteiger partial charge in [0.25, 0.3) is 10.7 Å². The minimum atomic E-state index is 0.402. The first kappa shape index (κ1) is 15.2. The Morgan fingerprint density at radius 2 is 2.05 bits per heavy atom. The Morgan fingerprint density at radius 3 is 2.77 bits per heavy atom. The first-order chi connectivity index (χ1) is 10.7. The SMILES string of the molecule is COc1ccccc1-c1nn(CN2CCC(C)CC2)c(=S)o1. The number of rotatable bonds is 4. The summed E-state index contributed by atoms with van der Waals surface area (Å²) in [7, 11) is 1.64. The number of hydrogen-bond donors (Lipinski definition) is 0. The van der Waals surface area contributed by atoms with Crippen LogP contribution < -0.4 is 4.74 Å². The van der Waals surface area contributed by atoms with Gasteiger partial charge in [0.2, 0.25) is 0 Å². The summed E-state index contributed by atoms with van der Waals surface area (Å²) in [6, 6.07) is 7.66. The second kappa shape index (κ2) is 6.62. The minimum Gasteiger partial charge on any atom is -0.496 e. The van der Waals surface area contributed by atoms with Gasteiger partial charge in [-0.1, -0.05) is 19.1 Å². The Bertz CT molecular complexity index is 687. The molecule has 2 heterocycles. The van der Waals surface area contributed by atoms with E-state index in [1.165, 1.54) is 12.8 Å². The first-order valence-electron chi connectivity index (χ1n) is 7.61. The van der Waals surface area contributed by atoms with Crippen LogP contribution in [-0.4, -0.2) is 34.9 Å². The van der Waals surface area contributed by atoms with Crippen molar-refractivity contribution in [2.75, 3.05) is 20.2 Å². The second-order valence-electron chi connectivity index (χ2n) is 5.81. The average molecular weight is 319 g/mol. The molecule has 2 aromatic rings. The van der Waals surface area contributed by atoms with Crippen LogP contribution in [0.4, 0.5) is 0 Å². The molecule has 0 atom stereocenters. The van der Waals surface area contributed by atoms with Crippen LogP contribution in [0.25, 0.3) is 11.5 Å². The lowest BCUT2D eigenvalue weighted by Crippen LogP contribution is -2.34. The van der Waals surface area contributed by atoms with Gasteiger partial charge in [0.1, 0.15) is 5.75 Å². The molecule has 1 aromatic carbocycles. The van der Waals surface area contributed by atoms with Gasteiger partial charge in [-0.05, 0) is 43.1 Å². The molecule has 0 unspecified atom stereocenters. The van der Waals surface area contributed by atoms with E-state index in [1.807, 2.05) is 24.3 Å². The number of para-hydroxylation sites is 1. The maximum Gasteiger partial charge on any atom is 0.288 e. The molecular formula is C16H21N3O2S. The molecule has 1 aliphatic rings. The van der Waals surface area contributed by atoms with Crippen LogP contribution in [0.2, 0.25) is 0 Å². The van der Waals surface area contributed by atoms with Gasteiger partial charge in [-0.3, -0.25) is 4.90 Å². The molecule has 0 spiro atoms. The van der Waals surface area contributed by atoms with E-state index in [0.717, 1.165) is 30.3 Å². The van der Waals surface area contributed by atoms with Crippen LogP contribution >= 0.6 is 12.2 Å². The lowest BCUT2D eigenvalue weighted by Gasteiger charge is -2.29. The molecule has 22 heavy (non-hydrogen) atoms. The zero-order chi connectivity index (χ0) is 15.5. The Balaban J connectivity index is 1.80. The van der Waals surface area contributed by atoms with E-state index < -0.39 is 0 Å². The molecule has 3 rings (SSSR count). The largest absolute Gasteiger partial charge is 0.496 e. The normalized spacial score (nSPS) is 16.8. The van der Waals surface area contributed by atoms with E-state index in [-0.39, 0.29) is 0 Å². The predicted molar refractivity (Wildman–Crippen MR) is 87.3 cm³/mol. The van der Waals surface area contributed by atoms with Crippen molar-refractivity contribution in [2.24, 2.45) is 5.92 Å². The van der Waals surface area contributed by atoms with Crippen molar-refractivity contribution in [3.8, 4) is 17.2 Å². The summed E-state index contributed by atoms with van der Waals surface area (Å²) in [4.78, 5) is 2.77. The molecule has 0 aliphatic carbocycles. The van der Waals surface area contributed by atoms with Gasteiger partial charge in [-0.15, -0.1) is 5.10 Å². The van der Waals surface area contributed by atoms with Crippen LogP contribution in [0.5, 0.6) is 5.75 Å². The maximum atomic E-state index is 5.67. The van der Waals surface area contributed by atoms with Crippen molar-refractivity contribution in [3.63, 3.8) is 0 Å². The minimum absolute atomic E-state index is 0.402. The summed E-state index contributed by atoms with van der Waals surface area (Å²) in [5.74, 6) is 2.05. The Hall–Kier alpha value is -1.66. The van der Waals surface area contributed by atoms with Gasteiger partial charge in [0, 0.05) is 13.1 Å². The molecule has 0 radical (unpaired) electrons. The molecule has 1 saturated heterocycles. The number of methoxy groups -OCH3 is 1. The summed E-state index contributed by atoms with van der Waals surface area (Å²) in [5, 5.41) is 4.53. The van der Waals surface area contributed by atoms with Crippen LogP contribution in [-0.2, 0) is 6.67 Å². The quantitative estimate of drug-likeness (QED) is 0.806. The fourth-order valence-corrected chi connectivity index (χ4v) is 2.90. The fraction of sp³-hybridized carbons (Fsp3) is 0.500. The highest BCUT2D eigenvalue weighted by atomic mass is 32.1. The molecule has 1 fully saturated rings. The molecule has 1 aliphatic heterocycles. The Morgan fingerprint density at radius 1 is 1.32 bits per heavy atom. The summed E-state index contributed by atoms with van der Waals surface area (Å²) < 4.78 is 12.8. The summed E-state index contributed by atoms with van der Waals surface area (Å²) >= 11 is 5.31. The van der Waals surface area contributed by atoms with Gasteiger partial charge in [0.05, 0.1) is 19.3 Å². The predicted octanol–water partition coefficient (Wildman–Crippen LogP) is 3.57. The number of nitrogens with zero attached hydrogens (tertiary/aromatic N) is 3. The summed E-state index contributed by atoms with van der Waals surface area (Å²) in [6.45, 7) is 5.16. The molecule has 0 saturated carbocycles. The zero-order valence-electron chi connectivity index (χ0n) is 13.0. The van der Waals surface area contributed by atoms with Gasteiger partial charge < -0.3 is 9.15 Å². The average Bonchev–Trinajstić information content (AvgIpc) is 2.90. The number of aromatic nitrogens is 2. The third kappa shape index (κ3) is 3.23. The zero-order valence-corrected chi connectivity index (χ0v) is 13.8. The topological polar surface area (TPSA) is 43.4 Å². The van der Waals surface area contributed by atoms with Crippen LogP contribution in [0, 0.1) is 10.8 Å². The molecule has 1 aromatic heterocycles. The lowest BCUT2D eigenvalue weighted by atomic mass is 10.00. The Kier molecular flexibility index (Phi) is 4.59. The molecule has 6 heteroatoms. The van der Waals surface area contributed by atoms with E-state index in [0.29, 0.717) is 17.4 Å². The van der Waals surface area contributed by atoms with E-state index in [4.69, 9.17) is 21.4 Å². The molecule has 5 nitrogen and oxygen atoms in total. The van der Waals surface area contributed by atoms with Crippen LogP contribution in [0.3, 0.4) is 0 Å². The van der Waals surface area contributed by atoms with Crippen molar-refractivity contribution >= 4 is 12.2 Å². The highest BCUT2D eigenvalue weighted by molar-refractivity contribution is 7.71. The number of ether oxygens (including phenoxy) is 1. The molecular weight excluding hydrogens is 298 g/mol. The van der Waals surface area contributed by atoms with Gasteiger partial charge in [-0.25, -0.2) is 4.68 Å². The fourth-order valence-electron chi connectivity index (χ4n) is 2.72. The van der Waals surface area contributed by atoms with Gasteiger partial charge in [0.15, 0.2) is 0 Å². The standard InChI is InChI=1S/C16H21N3O2S/c1-12-7-9-18(10-8-12)11-19-16(22)21-15(17-19)13-5-3-4-6-14(13)20-2/h3-6,12H,7-11H2,1-2H3. The molecule has 0 amide bonds. The first-order valence-corrected chi connectivity index (χ1v) is 8.02. The third-order valence-corrected chi connectivity index (χ3v) is 4.45. The number of hydrogen-bond acceptors (Lipinski definition) is 5. The summed E-state index contributed by atoms with van der Waals surface area (Å²) in [5.41, 5.74) is 0.821. The van der Waals surface area contributed by atoms with Gasteiger partial charge in [-0.2, -0.15) is 0 Å². The maximum absolute atomic E-state index is 5.67. The molecule has 0 bridgehead atoms. The van der Waals surface area contributed by atoms with Gasteiger partial charge >= 0.3 is 0 Å². The number of benzene rings is 1. The lowest BCUT2D eigenvalue weighted by molar-refractivity contribution is 0.144. The van der Waals surface area contributed by atoms with E-state index in [1.54, 1.807) is 11.8 Å². The number of likely N-dealkylation sites (tertiary alicyclic amines) is 1. The Labute approximate surface area is 135 Å². The summed E-state index contributed by atoms with van der Waals surface area (Å²) in [6.07, 6.45) is 2.45. The molecule has 118 valence electrons. The van der Waals surface area contributed by atoms with E-state index in [2.05, 4.69) is 16.9 Å². The highest BCUT2D eigenvalue weighted by Crippen LogP contribution is 2.28. The van der Waals surface area contributed by atoms with Crippen molar-refractivity contribution in [2.45, 2.75) is 26.4 Å². The number of piperidine rings is 1. The molecule has 0 N–H and O–H groups in total. The van der Waals surface area contributed by atoms with Crippen LogP contribution in [0.1, 0.15) is 19.8 Å². The van der Waals surface area contributed by atoms with Crippen molar-refractivity contribution < 1.29 is 9.15 Å². The van der Waals surface area contributed by atoms with Crippen molar-refractivity contribution in [1.29, 1.82) is 0 Å². The van der Waals surface area contributed by atoms with E-state index >= 15 is 0 Å². The van der Waals surface area contributed by atoms with Crippen LogP contribution in [0.15, 0.2) is 28.7 Å². The van der Waals surface area contributed by atoms with Crippen molar-refractivity contribution in [3.05, 3.63) is 29.1 Å².